The van der Waals surface area contributed by atoms with Crippen LogP contribution in [-0.2, 0) is 0 Å². The number of likely N-dealkylation sites (tertiary alicyclic amines) is 2. The van der Waals surface area contributed by atoms with Gasteiger partial charge in [-0.2, -0.15) is 0 Å². The highest BCUT2D eigenvalue weighted by molar-refractivity contribution is 5.95. The molecule has 0 unspecified atom stereocenters. The molecule has 21 heavy (non-hydrogen) atoms. The summed E-state index contributed by atoms with van der Waals surface area (Å²) in [6.45, 7) is 4.83. The zero-order valence-electron chi connectivity index (χ0n) is 13.0. The highest BCUT2D eigenvalue weighted by Crippen LogP contribution is 2.31. The number of pyridine rings is 1. The van der Waals surface area contributed by atoms with Gasteiger partial charge < -0.3 is 14.5 Å². The summed E-state index contributed by atoms with van der Waals surface area (Å²) in [5.41, 5.74) is 1.44. The molecule has 5 nitrogen and oxygen atoms in total. The number of fused-ring (bicyclic) bond motifs is 1. The van der Waals surface area contributed by atoms with E-state index in [4.69, 9.17) is 4.74 Å². The largest absolute Gasteiger partial charge is 0.494 e. The first-order chi connectivity index (χ1) is 10.1. The highest BCUT2D eigenvalue weighted by Gasteiger charge is 2.40. The minimum Gasteiger partial charge on any atom is -0.494 e. The Morgan fingerprint density at radius 1 is 1.43 bits per heavy atom. The molecule has 0 aromatic carbocycles. The third kappa shape index (κ3) is 2.62. The van der Waals surface area contributed by atoms with E-state index in [1.807, 2.05) is 17.9 Å². The van der Waals surface area contributed by atoms with Crippen LogP contribution in [0.2, 0.25) is 0 Å². The summed E-state index contributed by atoms with van der Waals surface area (Å²) < 4.78 is 5.35. The fraction of sp³-hybridized carbons (Fsp3) is 0.625. The van der Waals surface area contributed by atoms with Gasteiger partial charge in [0.25, 0.3) is 5.91 Å². The topological polar surface area (TPSA) is 45.7 Å². The van der Waals surface area contributed by atoms with Crippen molar-refractivity contribution in [2.75, 3.05) is 33.8 Å². The minimum absolute atomic E-state index is 0.0110. The van der Waals surface area contributed by atoms with Crippen molar-refractivity contribution < 1.29 is 9.53 Å². The van der Waals surface area contributed by atoms with Crippen LogP contribution in [-0.4, -0.2) is 60.5 Å². The first-order valence-electron chi connectivity index (χ1n) is 7.60. The number of aryl methyl sites for hydroxylation is 1. The Morgan fingerprint density at radius 2 is 2.24 bits per heavy atom. The predicted octanol–water partition coefficient (Wildman–Crippen LogP) is 1.56. The van der Waals surface area contributed by atoms with Crippen molar-refractivity contribution in [3.63, 3.8) is 0 Å². The summed E-state index contributed by atoms with van der Waals surface area (Å²) in [5.74, 6) is 1.19. The maximum absolute atomic E-state index is 12.9. The molecule has 2 fully saturated rings. The number of nitrogens with zero attached hydrogens (tertiary/aromatic N) is 3. The minimum atomic E-state index is 0.0110. The number of carbonyl (C=O) groups is 1. The van der Waals surface area contributed by atoms with Crippen LogP contribution in [0.3, 0.4) is 0 Å². The number of hydrogen-bond acceptors (Lipinski definition) is 4. The molecule has 5 heteroatoms. The number of hydrogen-bond donors (Lipinski definition) is 0. The van der Waals surface area contributed by atoms with Crippen molar-refractivity contribution in [3.8, 4) is 5.75 Å². The van der Waals surface area contributed by atoms with Gasteiger partial charge in [-0.15, -0.1) is 0 Å². The quantitative estimate of drug-likeness (QED) is 0.829. The Bertz CT molecular complexity index is 546. The van der Waals surface area contributed by atoms with Crippen LogP contribution < -0.4 is 4.74 Å². The Hall–Kier alpha value is -1.62. The molecule has 1 amide bonds. The number of piperidine rings is 1. The average molecular weight is 289 g/mol. The van der Waals surface area contributed by atoms with E-state index in [-0.39, 0.29) is 5.91 Å². The maximum Gasteiger partial charge on any atom is 0.276 e. The summed E-state index contributed by atoms with van der Waals surface area (Å²) in [4.78, 5) is 21.6. The molecule has 2 aliphatic heterocycles. The van der Waals surface area contributed by atoms with E-state index in [9.17, 15) is 4.79 Å². The number of methoxy groups -OCH3 is 1. The van der Waals surface area contributed by atoms with Gasteiger partial charge in [-0.1, -0.05) is 0 Å². The van der Waals surface area contributed by atoms with Gasteiger partial charge in [0.2, 0.25) is 0 Å². The molecule has 2 saturated heterocycles. The van der Waals surface area contributed by atoms with E-state index in [1.165, 1.54) is 6.42 Å². The van der Waals surface area contributed by atoms with Gasteiger partial charge in [0.1, 0.15) is 5.75 Å². The summed E-state index contributed by atoms with van der Waals surface area (Å²) in [7, 11) is 3.72. The van der Waals surface area contributed by atoms with Crippen LogP contribution in [0, 0.1) is 12.8 Å². The molecule has 0 bridgehead atoms. The van der Waals surface area contributed by atoms with E-state index in [2.05, 4.69) is 16.9 Å². The zero-order chi connectivity index (χ0) is 15.0. The van der Waals surface area contributed by atoms with Crippen molar-refractivity contribution in [2.24, 2.45) is 5.92 Å². The van der Waals surface area contributed by atoms with Gasteiger partial charge in [-0.05, 0) is 44.4 Å². The molecule has 114 valence electrons. The Morgan fingerprint density at radius 3 is 3.00 bits per heavy atom. The van der Waals surface area contributed by atoms with E-state index in [0.29, 0.717) is 23.4 Å². The van der Waals surface area contributed by atoms with Gasteiger partial charge in [0.15, 0.2) is 5.69 Å². The second-order valence-electron chi connectivity index (χ2n) is 6.25. The van der Waals surface area contributed by atoms with Crippen LogP contribution in [0.5, 0.6) is 5.75 Å². The lowest BCUT2D eigenvalue weighted by Gasteiger charge is -2.37. The highest BCUT2D eigenvalue weighted by atomic mass is 16.5. The molecule has 2 atom stereocenters. The number of amides is 1. The predicted molar refractivity (Wildman–Crippen MR) is 80.6 cm³/mol. The number of aromatic nitrogens is 1. The fourth-order valence-electron chi connectivity index (χ4n) is 3.64. The van der Waals surface area contributed by atoms with Crippen molar-refractivity contribution in [3.05, 3.63) is 23.5 Å². The number of likely N-dealkylation sites (N-methyl/N-ethyl adjacent to an activating group) is 1. The van der Waals surface area contributed by atoms with Crippen molar-refractivity contribution in [2.45, 2.75) is 25.8 Å². The van der Waals surface area contributed by atoms with Crippen molar-refractivity contribution in [1.82, 2.24) is 14.8 Å². The van der Waals surface area contributed by atoms with Crippen LogP contribution in [0.1, 0.15) is 28.9 Å². The van der Waals surface area contributed by atoms with Crippen LogP contribution in [0.15, 0.2) is 12.3 Å². The number of rotatable bonds is 2. The fourth-order valence-corrected chi connectivity index (χ4v) is 3.64. The van der Waals surface area contributed by atoms with Crippen LogP contribution in [0.25, 0.3) is 0 Å². The second-order valence-corrected chi connectivity index (χ2v) is 6.25. The Labute approximate surface area is 125 Å². The molecule has 0 spiro atoms. The van der Waals surface area contributed by atoms with Crippen LogP contribution in [0.4, 0.5) is 0 Å². The van der Waals surface area contributed by atoms with Crippen molar-refractivity contribution in [1.29, 1.82) is 0 Å². The lowest BCUT2D eigenvalue weighted by Crippen LogP contribution is -2.48. The summed E-state index contributed by atoms with van der Waals surface area (Å²) in [6.07, 6.45) is 4.03. The molecule has 2 aliphatic rings. The molecular weight excluding hydrogens is 266 g/mol. The molecule has 3 rings (SSSR count). The molecule has 0 radical (unpaired) electrons. The molecule has 3 heterocycles. The second kappa shape index (κ2) is 5.64. The first kappa shape index (κ1) is 14.3. The Kier molecular flexibility index (Phi) is 3.85. The zero-order valence-corrected chi connectivity index (χ0v) is 13.0. The third-order valence-electron chi connectivity index (χ3n) is 4.64. The lowest BCUT2D eigenvalue weighted by molar-refractivity contribution is 0.0562. The SMILES string of the molecule is COc1cc(C)cnc1C(=O)N1CCC[C@H]2CN(C)C[C@H]21. The van der Waals surface area contributed by atoms with Gasteiger partial charge in [-0.25, -0.2) is 4.98 Å². The van der Waals surface area contributed by atoms with E-state index in [0.717, 1.165) is 31.6 Å². The maximum atomic E-state index is 12.9. The molecule has 1 aromatic heterocycles. The lowest BCUT2D eigenvalue weighted by atomic mass is 9.92. The van der Waals surface area contributed by atoms with Crippen LogP contribution >= 0.6 is 0 Å². The molecule has 0 aliphatic carbocycles. The van der Waals surface area contributed by atoms with Crippen molar-refractivity contribution >= 4 is 5.91 Å². The molecule has 0 saturated carbocycles. The smallest absolute Gasteiger partial charge is 0.276 e. The van der Waals surface area contributed by atoms with E-state index < -0.39 is 0 Å². The third-order valence-corrected chi connectivity index (χ3v) is 4.64. The van der Waals surface area contributed by atoms with Gasteiger partial charge >= 0.3 is 0 Å². The standard InChI is InChI=1S/C16H23N3O2/c1-11-7-14(21-3)15(17-8-11)16(20)19-6-4-5-12-9-18(2)10-13(12)19/h7-8,12-13H,4-6,9-10H2,1-3H3/t12-,13+/m0/s1. The first-order valence-corrected chi connectivity index (χ1v) is 7.60. The molecule has 0 N–H and O–H groups in total. The number of carbonyl (C=O) groups excluding carboxylic acids is 1. The van der Waals surface area contributed by atoms with E-state index in [1.54, 1.807) is 13.3 Å². The molecular formula is C16H23N3O2. The summed E-state index contributed by atoms with van der Waals surface area (Å²) in [6, 6.07) is 2.20. The normalized spacial score (nSPS) is 25.8. The average Bonchev–Trinajstić information content (AvgIpc) is 2.86. The summed E-state index contributed by atoms with van der Waals surface area (Å²) in [5, 5.41) is 0. The Balaban J connectivity index is 1.87. The van der Waals surface area contributed by atoms with E-state index >= 15 is 0 Å². The van der Waals surface area contributed by atoms with Gasteiger partial charge in [0.05, 0.1) is 7.11 Å². The summed E-state index contributed by atoms with van der Waals surface area (Å²) >= 11 is 0. The molecule has 1 aromatic rings. The monoisotopic (exact) mass is 289 g/mol. The van der Waals surface area contributed by atoms with Gasteiger partial charge in [0, 0.05) is 31.9 Å². The van der Waals surface area contributed by atoms with Gasteiger partial charge in [-0.3, -0.25) is 4.79 Å². The number of ether oxygens (including phenoxy) is 1.